The van der Waals surface area contributed by atoms with E-state index in [1.807, 2.05) is 30.5 Å². The minimum absolute atomic E-state index is 0.000533. The van der Waals surface area contributed by atoms with Crippen molar-refractivity contribution in [1.29, 1.82) is 0 Å². The number of fused-ring (bicyclic) bond motifs is 1. The SMILES string of the molecule is O=S(=O)(c1cnoc1)N1CCC(Oc2cccc3[nH]ccc23)CC1. The zero-order chi connectivity index (χ0) is 16.6. The van der Waals surface area contributed by atoms with Crippen LogP contribution in [0.1, 0.15) is 12.8 Å². The van der Waals surface area contributed by atoms with E-state index in [0.717, 1.165) is 22.9 Å². The molecule has 0 spiro atoms. The normalized spacial score (nSPS) is 17.3. The van der Waals surface area contributed by atoms with E-state index in [2.05, 4.69) is 14.7 Å². The van der Waals surface area contributed by atoms with Crippen LogP contribution < -0.4 is 4.74 Å². The Kier molecular flexibility index (Phi) is 3.78. The highest BCUT2D eigenvalue weighted by Crippen LogP contribution is 2.28. The summed E-state index contributed by atoms with van der Waals surface area (Å²) < 4.78 is 37.1. The number of rotatable bonds is 4. The third kappa shape index (κ3) is 2.67. The number of H-pyrrole nitrogens is 1. The van der Waals surface area contributed by atoms with Crippen molar-refractivity contribution in [3.8, 4) is 5.75 Å². The number of nitrogens with one attached hydrogen (secondary N) is 1. The van der Waals surface area contributed by atoms with E-state index in [0.29, 0.717) is 25.9 Å². The van der Waals surface area contributed by atoms with E-state index in [4.69, 9.17) is 4.74 Å². The van der Waals surface area contributed by atoms with Gasteiger partial charge in [0.1, 0.15) is 23.0 Å². The second-order valence-corrected chi connectivity index (χ2v) is 7.71. The van der Waals surface area contributed by atoms with Gasteiger partial charge < -0.3 is 14.2 Å². The molecule has 0 radical (unpaired) electrons. The summed E-state index contributed by atoms with van der Waals surface area (Å²) in [5, 5.41) is 4.51. The average molecular weight is 347 g/mol. The first kappa shape index (κ1) is 15.2. The second kappa shape index (κ2) is 5.95. The van der Waals surface area contributed by atoms with E-state index >= 15 is 0 Å². The summed E-state index contributed by atoms with van der Waals surface area (Å²) in [6.07, 6.45) is 5.55. The zero-order valence-electron chi connectivity index (χ0n) is 12.9. The van der Waals surface area contributed by atoms with Gasteiger partial charge in [0.05, 0.1) is 6.20 Å². The molecule has 0 saturated carbocycles. The van der Waals surface area contributed by atoms with Crippen LogP contribution in [-0.2, 0) is 10.0 Å². The lowest BCUT2D eigenvalue weighted by molar-refractivity contribution is 0.137. The van der Waals surface area contributed by atoms with E-state index in [1.54, 1.807) is 0 Å². The number of hydrogen-bond donors (Lipinski definition) is 1. The van der Waals surface area contributed by atoms with Gasteiger partial charge in [-0.15, -0.1) is 0 Å². The fourth-order valence-electron chi connectivity index (χ4n) is 3.00. The number of sulfonamides is 1. The Morgan fingerprint density at radius 1 is 1.25 bits per heavy atom. The van der Waals surface area contributed by atoms with Gasteiger partial charge in [0.15, 0.2) is 0 Å². The van der Waals surface area contributed by atoms with Gasteiger partial charge in [-0.1, -0.05) is 11.2 Å². The lowest BCUT2D eigenvalue weighted by atomic mass is 10.1. The van der Waals surface area contributed by atoms with Crippen molar-refractivity contribution < 1.29 is 17.7 Å². The van der Waals surface area contributed by atoms with Gasteiger partial charge >= 0.3 is 0 Å². The van der Waals surface area contributed by atoms with Crippen LogP contribution in [-0.4, -0.2) is 42.1 Å². The van der Waals surface area contributed by atoms with Crippen LogP contribution >= 0.6 is 0 Å². The minimum Gasteiger partial charge on any atom is -0.490 e. The number of aromatic amines is 1. The lowest BCUT2D eigenvalue weighted by Gasteiger charge is -2.31. The van der Waals surface area contributed by atoms with E-state index in [1.165, 1.54) is 10.5 Å². The maximum absolute atomic E-state index is 12.4. The van der Waals surface area contributed by atoms with Crippen LogP contribution in [0.3, 0.4) is 0 Å². The summed E-state index contributed by atoms with van der Waals surface area (Å²) in [5.74, 6) is 0.828. The molecule has 0 unspecified atom stereocenters. The van der Waals surface area contributed by atoms with Crippen molar-refractivity contribution in [3.05, 3.63) is 42.9 Å². The first-order chi connectivity index (χ1) is 11.6. The van der Waals surface area contributed by atoms with Crippen molar-refractivity contribution in [1.82, 2.24) is 14.4 Å². The van der Waals surface area contributed by atoms with E-state index < -0.39 is 10.0 Å². The molecule has 2 aromatic heterocycles. The summed E-state index contributed by atoms with van der Waals surface area (Å²) in [4.78, 5) is 3.25. The summed E-state index contributed by atoms with van der Waals surface area (Å²) in [7, 11) is -3.52. The number of aromatic nitrogens is 2. The summed E-state index contributed by atoms with van der Waals surface area (Å²) in [6.45, 7) is 0.836. The maximum atomic E-state index is 12.4. The van der Waals surface area contributed by atoms with E-state index in [-0.39, 0.29) is 11.0 Å². The Bertz CT molecular complexity index is 925. The molecule has 0 aliphatic carbocycles. The Balaban J connectivity index is 1.44. The minimum atomic E-state index is -3.52. The smallest absolute Gasteiger partial charge is 0.247 e. The fraction of sp³-hybridized carbons (Fsp3) is 0.312. The molecule has 24 heavy (non-hydrogen) atoms. The molecule has 4 rings (SSSR count). The fourth-order valence-corrected chi connectivity index (χ4v) is 4.33. The van der Waals surface area contributed by atoms with Crippen molar-refractivity contribution in [3.63, 3.8) is 0 Å². The number of piperidine rings is 1. The molecule has 0 amide bonds. The molecule has 3 heterocycles. The van der Waals surface area contributed by atoms with E-state index in [9.17, 15) is 8.42 Å². The lowest BCUT2D eigenvalue weighted by Crippen LogP contribution is -2.41. The van der Waals surface area contributed by atoms with Gasteiger partial charge in [-0.05, 0) is 31.0 Å². The summed E-state index contributed by atoms with van der Waals surface area (Å²) in [5.41, 5.74) is 1.03. The molecule has 1 saturated heterocycles. The first-order valence-electron chi connectivity index (χ1n) is 7.77. The number of ether oxygens (including phenoxy) is 1. The number of benzene rings is 1. The number of nitrogens with zero attached hydrogens (tertiary/aromatic N) is 2. The van der Waals surface area contributed by atoms with Gasteiger partial charge in [0.25, 0.3) is 0 Å². The molecule has 1 aliphatic heterocycles. The topological polar surface area (TPSA) is 88.4 Å². The van der Waals surface area contributed by atoms with Gasteiger partial charge in [0.2, 0.25) is 10.0 Å². The Morgan fingerprint density at radius 2 is 2.08 bits per heavy atom. The highest BCUT2D eigenvalue weighted by Gasteiger charge is 2.31. The van der Waals surface area contributed by atoms with Crippen molar-refractivity contribution in [2.45, 2.75) is 23.8 Å². The molecule has 126 valence electrons. The summed E-state index contributed by atoms with van der Waals surface area (Å²) >= 11 is 0. The number of hydrogen-bond acceptors (Lipinski definition) is 5. The van der Waals surface area contributed by atoms with Crippen LogP contribution in [0.25, 0.3) is 10.9 Å². The van der Waals surface area contributed by atoms with Gasteiger partial charge in [-0.2, -0.15) is 4.31 Å². The average Bonchev–Trinajstić information content (AvgIpc) is 3.28. The zero-order valence-corrected chi connectivity index (χ0v) is 13.7. The Morgan fingerprint density at radius 3 is 2.83 bits per heavy atom. The van der Waals surface area contributed by atoms with Crippen LogP contribution in [0, 0.1) is 0 Å². The molecule has 8 heteroatoms. The van der Waals surface area contributed by atoms with Gasteiger partial charge in [-0.25, -0.2) is 8.42 Å². The molecule has 3 aromatic rings. The summed E-state index contributed by atoms with van der Waals surface area (Å²) in [6, 6.07) is 7.86. The quantitative estimate of drug-likeness (QED) is 0.783. The van der Waals surface area contributed by atoms with Crippen LogP contribution in [0.15, 0.2) is 52.3 Å². The molecule has 0 atom stereocenters. The Labute approximate surface area is 139 Å². The molecule has 0 bridgehead atoms. The predicted molar refractivity (Wildman–Crippen MR) is 87.2 cm³/mol. The predicted octanol–water partition coefficient (Wildman–Crippen LogP) is 2.39. The maximum Gasteiger partial charge on any atom is 0.247 e. The van der Waals surface area contributed by atoms with Crippen LogP contribution in [0.2, 0.25) is 0 Å². The monoisotopic (exact) mass is 347 g/mol. The molecule has 1 aliphatic rings. The Hall–Kier alpha value is -2.32. The largest absolute Gasteiger partial charge is 0.490 e. The molecule has 1 fully saturated rings. The van der Waals surface area contributed by atoms with Crippen LogP contribution in [0.4, 0.5) is 0 Å². The highest BCUT2D eigenvalue weighted by molar-refractivity contribution is 7.89. The molecule has 1 N–H and O–H groups in total. The second-order valence-electron chi connectivity index (χ2n) is 5.78. The third-order valence-electron chi connectivity index (χ3n) is 4.30. The molecular weight excluding hydrogens is 330 g/mol. The first-order valence-corrected chi connectivity index (χ1v) is 9.21. The van der Waals surface area contributed by atoms with Crippen molar-refractivity contribution in [2.24, 2.45) is 0 Å². The third-order valence-corrected chi connectivity index (χ3v) is 6.14. The molecule has 1 aromatic carbocycles. The standard InChI is InChI=1S/C16H17N3O4S/c20-24(21,13-10-18-22-11-13)19-8-5-12(6-9-19)23-16-3-1-2-15-14(16)4-7-17-15/h1-4,7,10-12,17H,5-6,8-9H2. The van der Waals surface area contributed by atoms with Crippen molar-refractivity contribution in [2.75, 3.05) is 13.1 Å². The van der Waals surface area contributed by atoms with Crippen LogP contribution in [0.5, 0.6) is 5.75 Å². The van der Waals surface area contributed by atoms with Gasteiger partial charge in [0, 0.05) is 30.2 Å². The molecular formula is C16H17N3O4S. The van der Waals surface area contributed by atoms with Gasteiger partial charge in [-0.3, -0.25) is 0 Å². The molecule has 7 nitrogen and oxygen atoms in total. The van der Waals surface area contributed by atoms with Crippen molar-refractivity contribution >= 4 is 20.9 Å². The highest BCUT2D eigenvalue weighted by atomic mass is 32.2.